The van der Waals surface area contributed by atoms with Crippen LogP contribution in [0.4, 0.5) is 0 Å². The van der Waals surface area contributed by atoms with E-state index < -0.39 is 5.97 Å². The number of rotatable bonds is 8. The van der Waals surface area contributed by atoms with Crippen LogP contribution >= 0.6 is 15.9 Å². The van der Waals surface area contributed by atoms with E-state index >= 15 is 0 Å². The number of carboxylic acid groups (broad SMARTS) is 1. The SMILES string of the molecule is Cc1nn(C)c(CNC(C)CCCC(C)C(=O)O)c1Br. The van der Waals surface area contributed by atoms with E-state index in [-0.39, 0.29) is 5.92 Å². The van der Waals surface area contributed by atoms with E-state index in [0.717, 1.165) is 41.7 Å². The van der Waals surface area contributed by atoms with Crippen molar-refractivity contribution < 1.29 is 9.90 Å². The molecule has 1 rings (SSSR count). The number of carboxylic acids is 1. The first-order valence-electron chi connectivity index (χ1n) is 6.97. The zero-order valence-electron chi connectivity index (χ0n) is 12.6. The van der Waals surface area contributed by atoms with Gasteiger partial charge in [-0.3, -0.25) is 9.48 Å². The lowest BCUT2D eigenvalue weighted by atomic mass is 10.0. The minimum Gasteiger partial charge on any atom is -0.481 e. The summed E-state index contributed by atoms with van der Waals surface area (Å²) < 4.78 is 2.94. The predicted octanol–water partition coefficient (Wildman–Crippen LogP) is 2.86. The topological polar surface area (TPSA) is 67.2 Å². The Morgan fingerprint density at radius 1 is 1.45 bits per heavy atom. The van der Waals surface area contributed by atoms with Crippen molar-refractivity contribution in [3.8, 4) is 0 Å². The summed E-state index contributed by atoms with van der Waals surface area (Å²) >= 11 is 3.55. The number of aliphatic carboxylic acids is 1. The van der Waals surface area contributed by atoms with Crippen molar-refractivity contribution in [2.75, 3.05) is 0 Å². The van der Waals surface area contributed by atoms with Crippen LogP contribution in [0.1, 0.15) is 44.5 Å². The molecule has 0 amide bonds. The fraction of sp³-hybridized carbons (Fsp3) is 0.714. The van der Waals surface area contributed by atoms with Crippen molar-refractivity contribution in [1.82, 2.24) is 15.1 Å². The molecule has 0 spiro atoms. The quantitative estimate of drug-likeness (QED) is 0.760. The molecule has 6 heteroatoms. The molecule has 0 aliphatic carbocycles. The summed E-state index contributed by atoms with van der Waals surface area (Å²) in [5.41, 5.74) is 2.13. The average Bonchev–Trinajstić information content (AvgIpc) is 2.61. The second kappa shape index (κ2) is 7.78. The van der Waals surface area contributed by atoms with Crippen LogP contribution in [-0.4, -0.2) is 26.9 Å². The molecule has 1 aromatic heterocycles. The average molecular weight is 346 g/mol. The molecule has 5 nitrogen and oxygen atoms in total. The Balaban J connectivity index is 2.33. The van der Waals surface area contributed by atoms with E-state index in [4.69, 9.17) is 5.11 Å². The highest BCUT2D eigenvalue weighted by Crippen LogP contribution is 2.20. The minimum atomic E-state index is -0.708. The predicted molar refractivity (Wildman–Crippen MR) is 82.6 cm³/mol. The molecule has 2 atom stereocenters. The van der Waals surface area contributed by atoms with Crippen LogP contribution in [0.2, 0.25) is 0 Å². The Hall–Kier alpha value is -0.880. The van der Waals surface area contributed by atoms with Gasteiger partial charge in [-0.2, -0.15) is 5.10 Å². The lowest BCUT2D eigenvalue weighted by Crippen LogP contribution is -2.26. The van der Waals surface area contributed by atoms with Gasteiger partial charge in [-0.25, -0.2) is 0 Å². The molecule has 0 saturated carbocycles. The number of aromatic nitrogens is 2. The Labute approximate surface area is 128 Å². The molecule has 0 radical (unpaired) electrons. The highest BCUT2D eigenvalue weighted by molar-refractivity contribution is 9.10. The Morgan fingerprint density at radius 3 is 2.60 bits per heavy atom. The monoisotopic (exact) mass is 345 g/mol. The smallest absolute Gasteiger partial charge is 0.306 e. The maximum absolute atomic E-state index is 10.7. The third-order valence-electron chi connectivity index (χ3n) is 3.58. The number of hydrogen-bond donors (Lipinski definition) is 2. The number of carbonyl (C=O) groups is 1. The van der Waals surface area contributed by atoms with E-state index in [1.165, 1.54) is 0 Å². The minimum absolute atomic E-state index is 0.254. The van der Waals surface area contributed by atoms with Crippen molar-refractivity contribution in [3.05, 3.63) is 15.9 Å². The first kappa shape index (κ1) is 17.2. The summed E-state index contributed by atoms with van der Waals surface area (Å²) in [5, 5.41) is 16.6. The van der Waals surface area contributed by atoms with Crippen LogP contribution in [0.3, 0.4) is 0 Å². The maximum atomic E-state index is 10.7. The third kappa shape index (κ3) is 4.90. The molecule has 0 aromatic carbocycles. The zero-order chi connectivity index (χ0) is 15.3. The van der Waals surface area contributed by atoms with Gasteiger partial charge in [0.2, 0.25) is 0 Å². The summed E-state index contributed by atoms with van der Waals surface area (Å²) in [6.07, 6.45) is 2.63. The molecule has 0 aliphatic rings. The Kier molecular flexibility index (Phi) is 6.68. The Morgan fingerprint density at radius 2 is 2.10 bits per heavy atom. The van der Waals surface area contributed by atoms with Crippen molar-refractivity contribution >= 4 is 21.9 Å². The van der Waals surface area contributed by atoms with Crippen LogP contribution < -0.4 is 5.32 Å². The van der Waals surface area contributed by atoms with Gasteiger partial charge < -0.3 is 10.4 Å². The van der Waals surface area contributed by atoms with Gasteiger partial charge in [0, 0.05) is 19.6 Å². The normalized spacial score (nSPS) is 14.2. The second-order valence-corrected chi connectivity index (χ2v) is 6.21. The van der Waals surface area contributed by atoms with Crippen LogP contribution in [0.25, 0.3) is 0 Å². The number of aryl methyl sites for hydroxylation is 2. The van der Waals surface area contributed by atoms with Crippen LogP contribution in [0, 0.1) is 12.8 Å². The molecule has 0 aliphatic heterocycles. The van der Waals surface area contributed by atoms with Crippen LogP contribution in [-0.2, 0) is 18.4 Å². The molecular formula is C14H24BrN3O2. The fourth-order valence-electron chi connectivity index (χ4n) is 2.10. The molecule has 0 bridgehead atoms. The van der Waals surface area contributed by atoms with Gasteiger partial charge in [0.05, 0.1) is 21.8 Å². The second-order valence-electron chi connectivity index (χ2n) is 5.42. The molecule has 1 heterocycles. The van der Waals surface area contributed by atoms with Crippen molar-refractivity contribution in [3.63, 3.8) is 0 Å². The summed E-state index contributed by atoms with van der Waals surface area (Å²) in [4.78, 5) is 10.7. The first-order valence-corrected chi connectivity index (χ1v) is 7.76. The standard InChI is InChI=1S/C14H24BrN3O2/c1-9(14(19)20)6-5-7-10(2)16-8-12-13(15)11(3)17-18(12)4/h9-10,16H,5-8H2,1-4H3,(H,19,20). The lowest BCUT2D eigenvalue weighted by molar-refractivity contribution is -0.141. The summed E-state index contributed by atoms with van der Waals surface area (Å²) in [7, 11) is 1.94. The summed E-state index contributed by atoms with van der Waals surface area (Å²) in [5.74, 6) is -0.962. The fourth-order valence-corrected chi connectivity index (χ4v) is 2.57. The van der Waals surface area contributed by atoms with Crippen molar-refractivity contribution in [2.24, 2.45) is 13.0 Å². The van der Waals surface area contributed by atoms with E-state index in [1.807, 2.05) is 18.7 Å². The molecule has 1 aromatic rings. The largest absolute Gasteiger partial charge is 0.481 e. The van der Waals surface area contributed by atoms with E-state index in [9.17, 15) is 4.79 Å². The van der Waals surface area contributed by atoms with E-state index in [2.05, 4.69) is 33.3 Å². The maximum Gasteiger partial charge on any atom is 0.306 e. The van der Waals surface area contributed by atoms with Gasteiger partial charge in [-0.15, -0.1) is 0 Å². The number of halogens is 1. The highest BCUT2D eigenvalue weighted by Gasteiger charge is 2.13. The lowest BCUT2D eigenvalue weighted by Gasteiger charge is -2.15. The molecule has 0 fully saturated rings. The van der Waals surface area contributed by atoms with Crippen LogP contribution in [0.5, 0.6) is 0 Å². The summed E-state index contributed by atoms with van der Waals surface area (Å²) in [6.45, 7) is 6.62. The molecule has 2 N–H and O–H groups in total. The molecule has 0 saturated heterocycles. The van der Waals surface area contributed by atoms with Gasteiger partial charge in [-0.1, -0.05) is 13.3 Å². The highest BCUT2D eigenvalue weighted by atomic mass is 79.9. The van der Waals surface area contributed by atoms with Gasteiger partial charge in [0.25, 0.3) is 0 Å². The first-order chi connectivity index (χ1) is 9.32. The molecular weight excluding hydrogens is 322 g/mol. The van der Waals surface area contributed by atoms with Gasteiger partial charge in [0.1, 0.15) is 0 Å². The Bertz CT molecular complexity index is 460. The van der Waals surface area contributed by atoms with Gasteiger partial charge in [0.15, 0.2) is 0 Å². The van der Waals surface area contributed by atoms with Crippen molar-refractivity contribution in [1.29, 1.82) is 0 Å². The molecule has 20 heavy (non-hydrogen) atoms. The van der Waals surface area contributed by atoms with Crippen molar-refractivity contribution in [2.45, 2.75) is 52.6 Å². The molecule has 114 valence electrons. The summed E-state index contributed by atoms with van der Waals surface area (Å²) in [6, 6.07) is 0.359. The number of nitrogens with zero attached hydrogens (tertiary/aromatic N) is 2. The van der Waals surface area contributed by atoms with Gasteiger partial charge >= 0.3 is 5.97 Å². The zero-order valence-corrected chi connectivity index (χ0v) is 14.2. The molecule has 2 unspecified atom stereocenters. The number of hydrogen-bond acceptors (Lipinski definition) is 3. The van der Waals surface area contributed by atoms with E-state index in [0.29, 0.717) is 6.04 Å². The van der Waals surface area contributed by atoms with Crippen LogP contribution in [0.15, 0.2) is 4.47 Å². The van der Waals surface area contributed by atoms with E-state index in [1.54, 1.807) is 6.92 Å². The van der Waals surface area contributed by atoms with Gasteiger partial charge in [-0.05, 0) is 42.6 Å². The third-order valence-corrected chi connectivity index (χ3v) is 4.61. The number of nitrogens with one attached hydrogen (secondary N) is 1.